The molecule has 1 aliphatic rings. The second-order valence-corrected chi connectivity index (χ2v) is 8.58. The highest BCUT2D eigenvalue weighted by Crippen LogP contribution is 2.39. The number of aromatic nitrogens is 5. The van der Waals surface area contributed by atoms with E-state index < -0.39 is 22.7 Å². The lowest BCUT2D eigenvalue weighted by Gasteiger charge is -2.32. The summed E-state index contributed by atoms with van der Waals surface area (Å²) < 4.78 is 41.0. The normalized spacial score (nSPS) is 15.6. The minimum atomic E-state index is -4.62. The summed E-state index contributed by atoms with van der Waals surface area (Å²) in [4.78, 5) is 26.4. The molecular weight excluding hydrogens is 497 g/mol. The van der Waals surface area contributed by atoms with Crippen LogP contribution in [0.3, 0.4) is 0 Å². The molecule has 1 atom stereocenters. The SMILES string of the molecule is C[C@H]1CN(c2ccc(C(F)(F)F)c(Cl)c2)C(=O)c2c(-c3nc(-c4ccc(N)nc4)[nH]c3C#N)cnn21. The Balaban J connectivity index is 1.58. The maximum atomic E-state index is 13.6. The van der Waals surface area contributed by atoms with Gasteiger partial charge in [0.25, 0.3) is 5.91 Å². The fourth-order valence-corrected chi connectivity index (χ4v) is 4.37. The number of imidazole rings is 1. The number of pyridine rings is 1. The van der Waals surface area contributed by atoms with Crippen molar-refractivity contribution in [3.63, 3.8) is 0 Å². The molecule has 3 N–H and O–H groups in total. The number of H-pyrrole nitrogens is 1. The number of nitriles is 1. The predicted molar refractivity (Wildman–Crippen MR) is 125 cm³/mol. The van der Waals surface area contributed by atoms with Gasteiger partial charge in [0.05, 0.1) is 28.4 Å². The third-order valence-electron chi connectivity index (χ3n) is 5.81. The van der Waals surface area contributed by atoms with Gasteiger partial charge in [-0.3, -0.25) is 9.48 Å². The molecule has 4 heterocycles. The highest BCUT2D eigenvalue weighted by molar-refractivity contribution is 6.31. The van der Waals surface area contributed by atoms with Crippen molar-refractivity contribution >= 4 is 29.0 Å². The van der Waals surface area contributed by atoms with Gasteiger partial charge in [-0.15, -0.1) is 0 Å². The molecule has 0 fully saturated rings. The molecule has 3 aromatic heterocycles. The Morgan fingerprint density at radius 1 is 1.25 bits per heavy atom. The first kappa shape index (κ1) is 23.4. The smallest absolute Gasteiger partial charge is 0.384 e. The van der Waals surface area contributed by atoms with E-state index in [2.05, 4.69) is 20.1 Å². The average Bonchev–Trinajstić information content (AvgIpc) is 3.46. The minimum Gasteiger partial charge on any atom is -0.384 e. The van der Waals surface area contributed by atoms with Crippen LogP contribution in [0.5, 0.6) is 0 Å². The summed E-state index contributed by atoms with van der Waals surface area (Å²) in [5, 5.41) is 13.5. The lowest BCUT2D eigenvalue weighted by atomic mass is 10.1. The zero-order chi connectivity index (χ0) is 25.8. The Hall–Kier alpha value is -4.37. The molecule has 13 heteroatoms. The number of carbonyl (C=O) groups is 1. The molecule has 0 saturated carbocycles. The third-order valence-corrected chi connectivity index (χ3v) is 6.12. The number of hydrogen-bond donors (Lipinski definition) is 2. The van der Waals surface area contributed by atoms with Crippen molar-refractivity contribution in [3.8, 4) is 28.7 Å². The number of nitrogen functional groups attached to an aromatic ring is 1. The van der Waals surface area contributed by atoms with Crippen molar-refractivity contribution in [1.82, 2.24) is 24.7 Å². The van der Waals surface area contributed by atoms with Crippen LogP contribution in [-0.2, 0) is 6.18 Å². The zero-order valence-corrected chi connectivity index (χ0v) is 19.3. The number of nitrogens with two attached hydrogens (primary N) is 1. The van der Waals surface area contributed by atoms with E-state index in [1.165, 1.54) is 28.0 Å². The second-order valence-electron chi connectivity index (χ2n) is 8.17. The molecule has 5 rings (SSSR count). The molecule has 1 aromatic carbocycles. The molecular formula is C23H16ClF3N8O. The van der Waals surface area contributed by atoms with Crippen LogP contribution in [-0.4, -0.2) is 37.2 Å². The quantitative estimate of drug-likeness (QED) is 0.410. The molecule has 1 aliphatic heterocycles. The first-order valence-electron chi connectivity index (χ1n) is 10.6. The monoisotopic (exact) mass is 512 g/mol. The summed E-state index contributed by atoms with van der Waals surface area (Å²) in [5.74, 6) is 0.149. The highest BCUT2D eigenvalue weighted by Gasteiger charge is 2.37. The van der Waals surface area contributed by atoms with Crippen LogP contribution < -0.4 is 10.6 Å². The van der Waals surface area contributed by atoms with Crippen LogP contribution in [0.4, 0.5) is 24.7 Å². The van der Waals surface area contributed by atoms with Crippen molar-refractivity contribution in [2.45, 2.75) is 19.1 Å². The second kappa shape index (κ2) is 8.39. The van der Waals surface area contributed by atoms with E-state index in [1.54, 1.807) is 12.1 Å². The van der Waals surface area contributed by atoms with Crippen molar-refractivity contribution in [2.75, 3.05) is 17.2 Å². The summed E-state index contributed by atoms with van der Waals surface area (Å²) in [6.45, 7) is 1.97. The molecule has 36 heavy (non-hydrogen) atoms. The van der Waals surface area contributed by atoms with Gasteiger partial charge in [-0.1, -0.05) is 11.6 Å². The van der Waals surface area contributed by atoms with E-state index >= 15 is 0 Å². The first-order valence-corrected chi connectivity index (χ1v) is 10.9. The number of amides is 1. The molecule has 9 nitrogen and oxygen atoms in total. The number of hydrogen-bond acceptors (Lipinski definition) is 6. The van der Waals surface area contributed by atoms with E-state index in [0.29, 0.717) is 22.8 Å². The Labute approximate surface area is 206 Å². The number of nitrogens with zero attached hydrogens (tertiary/aromatic N) is 6. The lowest BCUT2D eigenvalue weighted by Crippen LogP contribution is -2.42. The third kappa shape index (κ3) is 3.83. The van der Waals surface area contributed by atoms with Crippen LogP contribution in [0.1, 0.15) is 34.7 Å². The summed E-state index contributed by atoms with van der Waals surface area (Å²) in [5.41, 5.74) is 6.19. The van der Waals surface area contributed by atoms with E-state index in [9.17, 15) is 23.2 Å². The Bertz CT molecular complexity index is 1530. The van der Waals surface area contributed by atoms with Gasteiger partial charge in [-0.2, -0.15) is 23.5 Å². The number of benzene rings is 1. The van der Waals surface area contributed by atoms with Crippen LogP contribution in [0.15, 0.2) is 42.7 Å². The van der Waals surface area contributed by atoms with E-state index in [-0.39, 0.29) is 35.4 Å². The fourth-order valence-electron chi connectivity index (χ4n) is 4.09. The molecule has 0 radical (unpaired) electrons. The van der Waals surface area contributed by atoms with Gasteiger partial charge >= 0.3 is 6.18 Å². The summed E-state index contributed by atoms with van der Waals surface area (Å²) in [6, 6.07) is 8.15. The zero-order valence-electron chi connectivity index (χ0n) is 18.5. The maximum Gasteiger partial charge on any atom is 0.417 e. The van der Waals surface area contributed by atoms with Crippen LogP contribution in [0.25, 0.3) is 22.6 Å². The summed E-state index contributed by atoms with van der Waals surface area (Å²) in [6.07, 6.45) is -1.68. The Morgan fingerprint density at radius 3 is 2.67 bits per heavy atom. The highest BCUT2D eigenvalue weighted by atomic mass is 35.5. The van der Waals surface area contributed by atoms with Crippen molar-refractivity contribution < 1.29 is 18.0 Å². The molecule has 0 spiro atoms. The topological polar surface area (TPSA) is 130 Å². The van der Waals surface area contributed by atoms with Crippen LogP contribution in [0, 0.1) is 11.3 Å². The molecule has 1 amide bonds. The van der Waals surface area contributed by atoms with Crippen LogP contribution >= 0.6 is 11.6 Å². The number of anilines is 2. The number of carbonyl (C=O) groups excluding carboxylic acids is 1. The summed E-state index contributed by atoms with van der Waals surface area (Å²) >= 11 is 5.90. The standard InChI is InChI=1S/C23H16ClF3N8O/c1-11-10-34(13-3-4-15(16(24)6-13)23(25,26)27)22(36)20-14(9-31-35(11)20)19-17(7-28)32-21(33-19)12-2-5-18(29)30-8-12/h2-6,8-9,11H,10H2,1H3,(H2,29,30)(H,32,33)/t11-/m0/s1. The van der Waals surface area contributed by atoms with Gasteiger partial charge in [0, 0.05) is 24.0 Å². The number of fused-ring (bicyclic) bond motifs is 1. The number of halogens is 4. The number of alkyl halides is 3. The maximum absolute atomic E-state index is 13.6. The van der Waals surface area contributed by atoms with E-state index in [4.69, 9.17) is 17.3 Å². The minimum absolute atomic E-state index is 0.104. The molecule has 182 valence electrons. The van der Waals surface area contributed by atoms with Gasteiger partial charge in [0.15, 0.2) is 0 Å². The average molecular weight is 513 g/mol. The lowest BCUT2D eigenvalue weighted by molar-refractivity contribution is -0.137. The van der Waals surface area contributed by atoms with Gasteiger partial charge in [-0.05, 0) is 37.3 Å². The molecule has 0 bridgehead atoms. The van der Waals surface area contributed by atoms with Crippen LogP contribution in [0.2, 0.25) is 5.02 Å². The van der Waals surface area contributed by atoms with Crippen molar-refractivity contribution in [3.05, 3.63) is 64.7 Å². The van der Waals surface area contributed by atoms with Gasteiger partial charge in [0.2, 0.25) is 0 Å². The van der Waals surface area contributed by atoms with Crippen molar-refractivity contribution in [2.24, 2.45) is 0 Å². The van der Waals surface area contributed by atoms with E-state index in [0.717, 1.165) is 12.1 Å². The number of nitrogens with one attached hydrogen (secondary N) is 1. The largest absolute Gasteiger partial charge is 0.417 e. The van der Waals surface area contributed by atoms with Gasteiger partial charge in [-0.25, -0.2) is 9.97 Å². The molecule has 4 aromatic rings. The first-order chi connectivity index (χ1) is 17.1. The fraction of sp³-hybridized carbons (Fsp3) is 0.174. The summed E-state index contributed by atoms with van der Waals surface area (Å²) in [7, 11) is 0. The predicted octanol–water partition coefficient (Wildman–Crippen LogP) is 4.68. The van der Waals surface area contributed by atoms with Gasteiger partial charge in [0.1, 0.15) is 34.8 Å². The van der Waals surface area contributed by atoms with Gasteiger partial charge < -0.3 is 15.6 Å². The Morgan fingerprint density at radius 2 is 2.03 bits per heavy atom. The molecule has 0 unspecified atom stereocenters. The number of rotatable bonds is 3. The molecule has 0 saturated heterocycles. The molecule has 0 aliphatic carbocycles. The Kier molecular flexibility index (Phi) is 5.44. The van der Waals surface area contributed by atoms with Crippen molar-refractivity contribution in [1.29, 1.82) is 5.26 Å². The number of aromatic amines is 1. The van der Waals surface area contributed by atoms with E-state index in [1.807, 2.05) is 13.0 Å².